The third kappa shape index (κ3) is 5.89. The number of rotatable bonds is 11. The highest BCUT2D eigenvalue weighted by atomic mass is 16.4. The third-order valence-electron chi connectivity index (χ3n) is 4.84. The van der Waals surface area contributed by atoms with Crippen molar-refractivity contribution in [2.75, 3.05) is 5.32 Å². The van der Waals surface area contributed by atoms with Crippen molar-refractivity contribution >= 4 is 11.7 Å². The molecule has 1 unspecified atom stereocenters. The molecule has 2 N–H and O–H groups in total. The smallest absolute Gasteiger partial charge is 0.335 e. The third-order valence-corrected chi connectivity index (χ3v) is 4.84. The summed E-state index contributed by atoms with van der Waals surface area (Å²) in [5, 5.41) is 12.5. The minimum absolute atomic E-state index is 0.375. The molecule has 1 aliphatic heterocycles. The first kappa shape index (κ1) is 17.8. The lowest BCUT2D eigenvalue weighted by Gasteiger charge is -2.11. The first-order valence-corrected chi connectivity index (χ1v) is 9.33. The second-order valence-electron chi connectivity index (χ2n) is 6.84. The molecule has 0 fully saturated rings. The number of hydrogen-bond acceptors (Lipinski definition) is 2. The summed E-state index contributed by atoms with van der Waals surface area (Å²) in [6.07, 6.45) is 14.5. The van der Waals surface area contributed by atoms with Crippen LogP contribution in [-0.4, -0.2) is 17.1 Å². The predicted octanol–water partition coefficient (Wildman–Crippen LogP) is 5.64. The maximum atomic E-state index is 11.0. The molecule has 0 saturated carbocycles. The van der Waals surface area contributed by atoms with Crippen molar-refractivity contribution < 1.29 is 9.90 Å². The Kier molecular flexibility index (Phi) is 7.44. The highest BCUT2D eigenvalue weighted by molar-refractivity contribution is 5.89. The van der Waals surface area contributed by atoms with E-state index in [2.05, 4.69) is 12.2 Å². The highest BCUT2D eigenvalue weighted by Crippen LogP contribution is 2.29. The van der Waals surface area contributed by atoms with Gasteiger partial charge in [-0.1, -0.05) is 70.8 Å². The number of carbonyl (C=O) groups is 1. The van der Waals surface area contributed by atoms with Crippen LogP contribution in [0, 0.1) is 0 Å². The van der Waals surface area contributed by atoms with E-state index in [1.165, 1.54) is 69.8 Å². The molecule has 3 nitrogen and oxygen atoms in total. The summed E-state index contributed by atoms with van der Waals surface area (Å²) in [7, 11) is 0. The largest absolute Gasteiger partial charge is 0.478 e. The van der Waals surface area contributed by atoms with Crippen molar-refractivity contribution in [2.24, 2.45) is 0 Å². The summed E-state index contributed by atoms with van der Waals surface area (Å²) in [5.74, 6) is -0.850. The molecule has 1 aromatic rings. The van der Waals surface area contributed by atoms with Gasteiger partial charge in [0.2, 0.25) is 0 Å². The van der Waals surface area contributed by atoms with Crippen molar-refractivity contribution in [2.45, 2.75) is 83.6 Å². The van der Waals surface area contributed by atoms with Crippen LogP contribution in [0.3, 0.4) is 0 Å². The fourth-order valence-corrected chi connectivity index (χ4v) is 3.43. The van der Waals surface area contributed by atoms with Crippen LogP contribution >= 0.6 is 0 Å². The number of benzene rings is 1. The first-order chi connectivity index (χ1) is 11.2. The summed E-state index contributed by atoms with van der Waals surface area (Å²) in [4.78, 5) is 11.0. The Balaban J connectivity index is 1.57. The van der Waals surface area contributed by atoms with Gasteiger partial charge in [0, 0.05) is 11.7 Å². The summed E-state index contributed by atoms with van der Waals surface area (Å²) in [6.45, 7) is 2.26. The van der Waals surface area contributed by atoms with Gasteiger partial charge < -0.3 is 10.4 Å². The van der Waals surface area contributed by atoms with Gasteiger partial charge >= 0.3 is 5.97 Å². The standard InChI is InChI=1S/C20H31NO2/c1-2-3-4-5-6-7-8-9-10-11-18-14-16-12-13-17(20(22)23)15-19(16)21-18/h12-13,15,18,21H,2-11,14H2,1H3,(H,22,23). The van der Waals surface area contributed by atoms with Gasteiger partial charge in [0.1, 0.15) is 0 Å². The van der Waals surface area contributed by atoms with Crippen LogP contribution in [0.1, 0.15) is 87.1 Å². The molecule has 1 atom stereocenters. The number of hydrogen-bond donors (Lipinski definition) is 2. The number of carboxylic acid groups (broad SMARTS) is 1. The van der Waals surface area contributed by atoms with E-state index in [1.54, 1.807) is 12.1 Å². The van der Waals surface area contributed by atoms with E-state index in [1.807, 2.05) is 6.07 Å². The second-order valence-corrected chi connectivity index (χ2v) is 6.84. The van der Waals surface area contributed by atoms with Crippen LogP contribution < -0.4 is 5.32 Å². The predicted molar refractivity (Wildman–Crippen MR) is 96.4 cm³/mol. The average molecular weight is 317 g/mol. The summed E-state index contributed by atoms with van der Waals surface area (Å²) >= 11 is 0. The SMILES string of the molecule is CCCCCCCCCCCC1Cc2ccc(C(=O)O)cc2N1. The number of anilines is 1. The van der Waals surface area contributed by atoms with Crippen LogP contribution in [0.25, 0.3) is 0 Å². The molecule has 2 rings (SSSR count). The number of fused-ring (bicyclic) bond motifs is 1. The molecule has 0 aromatic heterocycles. The van der Waals surface area contributed by atoms with Gasteiger partial charge in [-0.15, -0.1) is 0 Å². The van der Waals surface area contributed by atoms with Gasteiger partial charge in [0.25, 0.3) is 0 Å². The number of nitrogens with one attached hydrogen (secondary N) is 1. The molecule has 128 valence electrons. The van der Waals surface area contributed by atoms with E-state index in [4.69, 9.17) is 5.11 Å². The zero-order chi connectivity index (χ0) is 16.5. The topological polar surface area (TPSA) is 49.3 Å². The Morgan fingerprint density at radius 2 is 1.74 bits per heavy atom. The molecule has 1 aliphatic rings. The van der Waals surface area contributed by atoms with Gasteiger partial charge in [0.05, 0.1) is 5.56 Å². The Hall–Kier alpha value is -1.51. The van der Waals surface area contributed by atoms with Gasteiger partial charge in [-0.05, 0) is 30.5 Å². The van der Waals surface area contributed by atoms with Crippen LogP contribution in [0.2, 0.25) is 0 Å². The minimum Gasteiger partial charge on any atom is -0.478 e. The molecule has 0 bridgehead atoms. The van der Waals surface area contributed by atoms with Crippen molar-refractivity contribution in [1.29, 1.82) is 0 Å². The molecule has 23 heavy (non-hydrogen) atoms. The normalized spacial score (nSPS) is 16.1. The number of carboxylic acids is 1. The van der Waals surface area contributed by atoms with Gasteiger partial charge in [-0.25, -0.2) is 4.79 Å². The molecule has 0 saturated heterocycles. The Morgan fingerprint density at radius 3 is 2.39 bits per heavy atom. The number of unbranched alkanes of at least 4 members (excludes halogenated alkanes) is 8. The second kappa shape index (κ2) is 9.59. The van der Waals surface area contributed by atoms with Gasteiger partial charge in [-0.3, -0.25) is 0 Å². The van der Waals surface area contributed by atoms with E-state index in [0.29, 0.717) is 11.6 Å². The molecule has 1 aromatic carbocycles. The molecule has 3 heteroatoms. The quantitative estimate of drug-likeness (QED) is 0.519. The Bertz CT molecular complexity index is 498. The molecular weight excluding hydrogens is 286 g/mol. The fourth-order valence-electron chi connectivity index (χ4n) is 3.43. The lowest BCUT2D eigenvalue weighted by Crippen LogP contribution is -2.14. The highest BCUT2D eigenvalue weighted by Gasteiger charge is 2.21. The molecular formula is C20H31NO2. The van der Waals surface area contributed by atoms with Crippen LogP contribution in [0.4, 0.5) is 5.69 Å². The molecule has 0 spiro atoms. The van der Waals surface area contributed by atoms with E-state index in [0.717, 1.165) is 12.1 Å². The van der Waals surface area contributed by atoms with E-state index in [-0.39, 0.29) is 0 Å². The summed E-state index contributed by atoms with van der Waals surface area (Å²) in [6, 6.07) is 5.93. The zero-order valence-corrected chi connectivity index (χ0v) is 14.4. The summed E-state index contributed by atoms with van der Waals surface area (Å²) in [5.41, 5.74) is 2.65. The average Bonchev–Trinajstić information content (AvgIpc) is 2.95. The van der Waals surface area contributed by atoms with Crippen LogP contribution in [0.5, 0.6) is 0 Å². The van der Waals surface area contributed by atoms with Crippen molar-refractivity contribution in [1.82, 2.24) is 0 Å². The lowest BCUT2D eigenvalue weighted by molar-refractivity contribution is 0.0697. The molecule has 0 amide bonds. The maximum Gasteiger partial charge on any atom is 0.335 e. The van der Waals surface area contributed by atoms with Crippen molar-refractivity contribution in [3.05, 3.63) is 29.3 Å². The summed E-state index contributed by atoms with van der Waals surface area (Å²) < 4.78 is 0. The molecule has 1 heterocycles. The fraction of sp³-hybridized carbons (Fsp3) is 0.650. The van der Waals surface area contributed by atoms with E-state index >= 15 is 0 Å². The number of aromatic carboxylic acids is 1. The monoisotopic (exact) mass is 317 g/mol. The van der Waals surface area contributed by atoms with Crippen LogP contribution in [-0.2, 0) is 6.42 Å². The Morgan fingerprint density at radius 1 is 1.09 bits per heavy atom. The van der Waals surface area contributed by atoms with Crippen molar-refractivity contribution in [3.8, 4) is 0 Å². The van der Waals surface area contributed by atoms with Crippen LogP contribution in [0.15, 0.2) is 18.2 Å². The van der Waals surface area contributed by atoms with Gasteiger partial charge in [0.15, 0.2) is 0 Å². The Labute approximate surface area is 140 Å². The lowest BCUT2D eigenvalue weighted by atomic mass is 10.0. The van der Waals surface area contributed by atoms with Gasteiger partial charge in [-0.2, -0.15) is 0 Å². The van der Waals surface area contributed by atoms with Crippen molar-refractivity contribution in [3.63, 3.8) is 0 Å². The first-order valence-electron chi connectivity index (χ1n) is 9.33. The van der Waals surface area contributed by atoms with E-state index < -0.39 is 5.97 Å². The molecule has 0 aliphatic carbocycles. The van der Waals surface area contributed by atoms with E-state index in [9.17, 15) is 4.79 Å². The minimum atomic E-state index is -0.850. The molecule has 0 radical (unpaired) electrons. The zero-order valence-electron chi connectivity index (χ0n) is 14.4. The maximum absolute atomic E-state index is 11.0.